The molecule has 5 rings (SSSR count). The quantitative estimate of drug-likeness (QED) is 0.167. The minimum Gasteiger partial charge on any atom is -0.507 e. The van der Waals surface area contributed by atoms with Gasteiger partial charge in [-0.05, 0) is 71.0 Å². The lowest BCUT2D eigenvalue weighted by Crippen LogP contribution is -2.31. The maximum atomic E-state index is 13.5. The molecule has 1 fully saturated rings. The van der Waals surface area contributed by atoms with Gasteiger partial charge in [-0.25, -0.2) is 0 Å². The van der Waals surface area contributed by atoms with E-state index < -0.39 is 17.7 Å². The van der Waals surface area contributed by atoms with Gasteiger partial charge >= 0.3 is 0 Å². The van der Waals surface area contributed by atoms with E-state index in [0.29, 0.717) is 24.3 Å². The van der Waals surface area contributed by atoms with Gasteiger partial charge in [0.2, 0.25) is 0 Å². The third kappa shape index (κ3) is 4.95. The number of carbonyl (C=O) groups excluding carboxylic acids is 2. The van der Waals surface area contributed by atoms with Gasteiger partial charge < -0.3 is 24.5 Å². The van der Waals surface area contributed by atoms with Crippen LogP contribution in [0.2, 0.25) is 0 Å². The molecule has 1 atom stereocenters. The number of aliphatic hydroxyl groups excluding tert-OH is 1. The molecule has 7 nitrogen and oxygen atoms in total. The normalized spacial score (nSPS) is 17.0. The second kappa shape index (κ2) is 10.6. The van der Waals surface area contributed by atoms with Crippen LogP contribution in [0.1, 0.15) is 49.1 Å². The molecule has 2 heterocycles. The zero-order chi connectivity index (χ0) is 28.6. The van der Waals surface area contributed by atoms with Crippen LogP contribution in [0.3, 0.4) is 0 Å². The molecular weight excluding hydrogens is 504 g/mol. The summed E-state index contributed by atoms with van der Waals surface area (Å²) >= 11 is 0. The van der Waals surface area contributed by atoms with Gasteiger partial charge in [0.25, 0.3) is 11.7 Å². The van der Waals surface area contributed by atoms with E-state index in [1.165, 1.54) is 0 Å². The molecule has 0 bridgehead atoms. The Hall–Kier alpha value is -4.52. The summed E-state index contributed by atoms with van der Waals surface area (Å²) in [5, 5.41) is 12.4. The average Bonchev–Trinajstić information content (AvgIpc) is 3.48. The van der Waals surface area contributed by atoms with Crippen LogP contribution in [0.25, 0.3) is 16.7 Å². The number of carbonyl (C=O) groups is 2. The highest BCUT2D eigenvalue weighted by atomic mass is 16.5. The zero-order valence-corrected chi connectivity index (χ0v) is 23.4. The Morgan fingerprint density at radius 3 is 2.20 bits per heavy atom. The van der Waals surface area contributed by atoms with Crippen molar-refractivity contribution in [3.05, 3.63) is 101 Å². The third-order valence-corrected chi connectivity index (χ3v) is 7.59. The standard InChI is InChI=1S/C33H34N2O5/c1-33(2,3)23-10-6-20(7-11-23)29-28(30(36)21-8-12-24(39-4)13-9-21)31(37)32(38)35(29)17-16-22-19-34-27-15-14-25(40-5)18-26(22)27/h6-15,18-19,29,34,36H,16-17H2,1-5H3/b30-28-. The number of rotatable bonds is 7. The highest BCUT2D eigenvalue weighted by Crippen LogP contribution is 2.40. The molecule has 0 spiro atoms. The number of hydrogen-bond donors (Lipinski definition) is 2. The number of hydrogen-bond acceptors (Lipinski definition) is 5. The van der Waals surface area contributed by atoms with E-state index in [1.54, 1.807) is 43.4 Å². The summed E-state index contributed by atoms with van der Waals surface area (Å²) in [7, 11) is 3.19. The number of aromatic nitrogens is 1. The van der Waals surface area contributed by atoms with Gasteiger partial charge in [0.15, 0.2) is 0 Å². The fourth-order valence-electron chi connectivity index (χ4n) is 5.26. The monoisotopic (exact) mass is 538 g/mol. The van der Waals surface area contributed by atoms with Crippen molar-refractivity contribution >= 4 is 28.4 Å². The van der Waals surface area contributed by atoms with Gasteiger partial charge in [0, 0.05) is 29.2 Å². The second-order valence-electron chi connectivity index (χ2n) is 11.1. The molecule has 0 radical (unpaired) electrons. The Bertz CT molecular complexity index is 1590. The summed E-state index contributed by atoms with van der Waals surface area (Å²) in [4.78, 5) is 31.8. The number of likely N-dealkylation sites (tertiary alicyclic amines) is 1. The summed E-state index contributed by atoms with van der Waals surface area (Å²) in [6.45, 7) is 6.69. The van der Waals surface area contributed by atoms with E-state index in [1.807, 2.05) is 48.7 Å². The molecule has 7 heteroatoms. The number of methoxy groups -OCH3 is 2. The van der Waals surface area contributed by atoms with E-state index in [-0.39, 0.29) is 16.7 Å². The number of Topliss-reactive ketones (excluding diaryl/α,β-unsaturated/α-hetero) is 1. The van der Waals surface area contributed by atoms with Crippen LogP contribution < -0.4 is 9.47 Å². The van der Waals surface area contributed by atoms with E-state index in [2.05, 4.69) is 25.8 Å². The SMILES string of the molecule is COc1ccc(/C(O)=C2/C(=O)C(=O)N(CCc3c[nH]c4ccc(OC)cc34)C2c2ccc(C(C)(C)C)cc2)cc1. The van der Waals surface area contributed by atoms with Crippen LogP contribution in [-0.2, 0) is 21.4 Å². The number of benzene rings is 3. The molecule has 0 aliphatic carbocycles. The molecule has 3 aromatic carbocycles. The third-order valence-electron chi connectivity index (χ3n) is 7.59. The smallest absolute Gasteiger partial charge is 0.295 e. The molecule has 1 aromatic heterocycles. The number of ketones is 1. The molecule has 2 N–H and O–H groups in total. The van der Waals surface area contributed by atoms with Gasteiger partial charge in [-0.1, -0.05) is 45.0 Å². The molecule has 4 aromatic rings. The van der Waals surface area contributed by atoms with Crippen LogP contribution in [0.5, 0.6) is 11.5 Å². The maximum Gasteiger partial charge on any atom is 0.295 e. The summed E-state index contributed by atoms with van der Waals surface area (Å²) in [6.07, 6.45) is 2.44. The van der Waals surface area contributed by atoms with Crippen LogP contribution in [-0.4, -0.2) is 47.4 Å². The summed E-state index contributed by atoms with van der Waals surface area (Å²) in [6, 6.07) is 19.8. The highest BCUT2D eigenvalue weighted by Gasteiger charge is 2.46. The van der Waals surface area contributed by atoms with Crippen LogP contribution in [0.4, 0.5) is 0 Å². The number of amides is 1. The number of aliphatic hydroxyl groups is 1. The van der Waals surface area contributed by atoms with E-state index in [0.717, 1.165) is 33.3 Å². The molecule has 1 saturated heterocycles. The van der Waals surface area contributed by atoms with E-state index >= 15 is 0 Å². The first-order chi connectivity index (χ1) is 19.1. The van der Waals surface area contributed by atoms with E-state index in [9.17, 15) is 14.7 Å². The predicted octanol–water partition coefficient (Wildman–Crippen LogP) is 6.15. The second-order valence-corrected chi connectivity index (χ2v) is 11.1. The summed E-state index contributed by atoms with van der Waals surface area (Å²) in [5.74, 6) is -0.157. The Kier molecular flexibility index (Phi) is 7.15. The number of nitrogens with zero attached hydrogens (tertiary/aromatic N) is 1. The van der Waals surface area contributed by atoms with Crippen LogP contribution in [0, 0.1) is 0 Å². The minimum absolute atomic E-state index is 0.0557. The Morgan fingerprint density at radius 1 is 0.925 bits per heavy atom. The number of nitrogens with one attached hydrogen (secondary N) is 1. The molecule has 1 aliphatic rings. The zero-order valence-electron chi connectivity index (χ0n) is 23.4. The molecule has 40 heavy (non-hydrogen) atoms. The predicted molar refractivity (Wildman–Crippen MR) is 156 cm³/mol. The number of H-pyrrole nitrogens is 1. The van der Waals surface area contributed by atoms with Crippen molar-refractivity contribution in [1.82, 2.24) is 9.88 Å². The van der Waals surface area contributed by atoms with Gasteiger partial charge in [0.05, 0.1) is 25.8 Å². The topological polar surface area (TPSA) is 91.9 Å². The molecular formula is C33H34N2O5. The van der Waals surface area contributed by atoms with E-state index in [4.69, 9.17) is 9.47 Å². The van der Waals surface area contributed by atoms with Crippen molar-refractivity contribution in [3.8, 4) is 11.5 Å². The number of fused-ring (bicyclic) bond motifs is 1. The Labute approximate surface area is 234 Å². The van der Waals surface area contributed by atoms with Crippen molar-refractivity contribution in [2.45, 2.75) is 38.6 Å². The van der Waals surface area contributed by atoms with Crippen molar-refractivity contribution in [3.63, 3.8) is 0 Å². The summed E-state index contributed by atoms with van der Waals surface area (Å²) in [5.41, 5.74) is 4.34. The first-order valence-corrected chi connectivity index (χ1v) is 13.3. The lowest BCUT2D eigenvalue weighted by molar-refractivity contribution is -0.139. The number of aromatic amines is 1. The van der Waals surface area contributed by atoms with Crippen molar-refractivity contribution in [2.24, 2.45) is 0 Å². The molecule has 1 amide bonds. The van der Waals surface area contributed by atoms with Crippen molar-refractivity contribution < 1.29 is 24.2 Å². The van der Waals surface area contributed by atoms with Crippen molar-refractivity contribution in [1.29, 1.82) is 0 Å². The Morgan fingerprint density at radius 2 is 1.57 bits per heavy atom. The molecule has 0 saturated carbocycles. The van der Waals surface area contributed by atoms with Crippen LogP contribution in [0.15, 0.2) is 78.5 Å². The van der Waals surface area contributed by atoms with Crippen LogP contribution >= 0.6 is 0 Å². The molecule has 1 aliphatic heterocycles. The lowest BCUT2D eigenvalue weighted by Gasteiger charge is -2.26. The van der Waals surface area contributed by atoms with Gasteiger partial charge in [-0.15, -0.1) is 0 Å². The fraction of sp³-hybridized carbons (Fsp3) is 0.273. The fourth-order valence-corrected chi connectivity index (χ4v) is 5.26. The first kappa shape index (κ1) is 27.1. The molecule has 206 valence electrons. The largest absolute Gasteiger partial charge is 0.507 e. The van der Waals surface area contributed by atoms with Gasteiger partial charge in [-0.3, -0.25) is 9.59 Å². The highest BCUT2D eigenvalue weighted by molar-refractivity contribution is 6.46. The maximum absolute atomic E-state index is 13.5. The van der Waals surface area contributed by atoms with Gasteiger partial charge in [0.1, 0.15) is 17.3 Å². The minimum atomic E-state index is -0.726. The Balaban J connectivity index is 1.56. The lowest BCUT2D eigenvalue weighted by atomic mass is 9.85. The average molecular weight is 539 g/mol. The number of ether oxygens (including phenoxy) is 2. The molecule has 1 unspecified atom stereocenters. The summed E-state index contributed by atoms with van der Waals surface area (Å²) < 4.78 is 10.6. The van der Waals surface area contributed by atoms with Gasteiger partial charge in [-0.2, -0.15) is 0 Å². The first-order valence-electron chi connectivity index (χ1n) is 13.3. The van der Waals surface area contributed by atoms with Crippen molar-refractivity contribution in [2.75, 3.05) is 20.8 Å².